The van der Waals surface area contributed by atoms with E-state index in [0.29, 0.717) is 25.3 Å². The van der Waals surface area contributed by atoms with Crippen molar-refractivity contribution in [2.24, 2.45) is 5.92 Å². The number of fused-ring (bicyclic) bond motifs is 1. The van der Waals surface area contributed by atoms with Gasteiger partial charge in [-0.25, -0.2) is 12.7 Å². The second-order valence-corrected chi connectivity index (χ2v) is 10.1. The molecule has 160 valence electrons. The number of methoxy groups -OCH3 is 1. The summed E-state index contributed by atoms with van der Waals surface area (Å²) in [7, 11) is -2.01. The Morgan fingerprint density at radius 1 is 1.34 bits per heavy atom. The van der Waals surface area contributed by atoms with E-state index in [-0.39, 0.29) is 42.5 Å². The second-order valence-electron chi connectivity index (χ2n) is 8.12. The topological polar surface area (TPSA) is 96.0 Å². The summed E-state index contributed by atoms with van der Waals surface area (Å²) in [5.74, 6) is 0.175. The van der Waals surface area contributed by atoms with Crippen molar-refractivity contribution in [2.45, 2.75) is 38.8 Å². The Labute approximate surface area is 172 Å². The number of carbonyl (C=O) groups excluding carboxylic acids is 2. The average Bonchev–Trinajstić information content (AvgIpc) is 3.03. The van der Waals surface area contributed by atoms with Gasteiger partial charge in [-0.3, -0.25) is 14.5 Å². The average molecular weight is 424 g/mol. The van der Waals surface area contributed by atoms with Gasteiger partial charge in [-0.05, 0) is 30.0 Å². The number of nitrogens with one attached hydrogen (secondary N) is 1. The number of hydrogen-bond donors (Lipinski definition) is 1. The zero-order valence-corrected chi connectivity index (χ0v) is 17.9. The summed E-state index contributed by atoms with van der Waals surface area (Å²) < 4.78 is 31.2. The highest BCUT2D eigenvalue weighted by Crippen LogP contribution is 2.25. The smallest absolute Gasteiger partial charge is 0.253 e. The van der Waals surface area contributed by atoms with Crippen LogP contribution in [0, 0.1) is 5.92 Å². The normalized spacial score (nSPS) is 24.3. The van der Waals surface area contributed by atoms with E-state index in [0.717, 1.165) is 9.87 Å². The molecule has 8 nitrogen and oxygen atoms in total. The van der Waals surface area contributed by atoms with Crippen LogP contribution in [0.15, 0.2) is 24.3 Å². The first-order valence-electron chi connectivity index (χ1n) is 9.90. The lowest BCUT2D eigenvalue weighted by Gasteiger charge is -2.25. The Kier molecular flexibility index (Phi) is 6.48. The van der Waals surface area contributed by atoms with Gasteiger partial charge in [0.25, 0.3) is 5.91 Å². The summed E-state index contributed by atoms with van der Waals surface area (Å²) in [4.78, 5) is 27.3. The minimum atomic E-state index is -3.59. The molecule has 1 aromatic rings. The Balaban J connectivity index is 1.64. The summed E-state index contributed by atoms with van der Waals surface area (Å²) in [6.07, 6.45) is 0.646. The van der Waals surface area contributed by atoms with Crippen molar-refractivity contribution in [2.75, 3.05) is 32.5 Å². The number of ether oxygens (including phenoxy) is 1. The van der Waals surface area contributed by atoms with Crippen molar-refractivity contribution in [1.29, 1.82) is 0 Å². The van der Waals surface area contributed by atoms with Gasteiger partial charge in [-0.15, -0.1) is 0 Å². The van der Waals surface area contributed by atoms with Crippen LogP contribution >= 0.6 is 0 Å². The third-order valence-corrected chi connectivity index (χ3v) is 7.00. The van der Waals surface area contributed by atoms with Gasteiger partial charge in [0, 0.05) is 25.7 Å². The Morgan fingerprint density at radius 3 is 2.79 bits per heavy atom. The molecular formula is C20H29N3O5S. The molecule has 2 fully saturated rings. The molecule has 9 heteroatoms. The van der Waals surface area contributed by atoms with Crippen molar-refractivity contribution >= 4 is 21.8 Å². The first kappa shape index (κ1) is 21.6. The van der Waals surface area contributed by atoms with E-state index in [2.05, 4.69) is 5.32 Å². The summed E-state index contributed by atoms with van der Waals surface area (Å²) in [5.41, 5.74) is 0.847. The molecule has 2 aliphatic heterocycles. The molecule has 2 amide bonds. The molecule has 0 aliphatic carbocycles. The van der Waals surface area contributed by atoms with Crippen LogP contribution in [-0.4, -0.2) is 74.0 Å². The molecule has 2 saturated heterocycles. The van der Waals surface area contributed by atoms with Gasteiger partial charge in [-0.1, -0.05) is 26.0 Å². The van der Waals surface area contributed by atoms with Crippen LogP contribution in [0.2, 0.25) is 0 Å². The van der Waals surface area contributed by atoms with Gasteiger partial charge < -0.3 is 10.1 Å². The molecule has 2 aliphatic rings. The molecule has 0 saturated carbocycles. The molecule has 0 unspecified atom stereocenters. The van der Waals surface area contributed by atoms with Gasteiger partial charge in [0.2, 0.25) is 15.9 Å². The zero-order valence-electron chi connectivity index (χ0n) is 17.1. The van der Waals surface area contributed by atoms with Crippen molar-refractivity contribution in [3.8, 4) is 5.75 Å². The number of hydrogen-bond acceptors (Lipinski definition) is 6. The largest absolute Gasteiger partial charge is 0.497 e. The van der Waals surface area contributed by atoms with E-state index in [1.165, 1.54) is 0 Å². The number of sulfonamides is 1. The summed E-state index contributed by atoms with van der Waals surface area (Å²) in [6.45, 7) is 4.75. The van der Waals surface area contributed by atoms with Gasteiger partial charge in [0.05, 0.1) is 25.3 Å². The maximum atomic E-state index is 12.9. The first-order chi connectivity index (χ1) is 13.7. The predicted octanol–water partition coefficient (Wildman–Crippen LogP) is 0.625. The van der Waals surface area contributed by atoms with Crippen molar-refractivity contribution in [3.05, 3.63) is 29.8 Å². The third kappa shape index (κ3) is 5.08. The highest BCUT2D eigenvalue weighted by Gasteiger charge is 2.45. The lowest BCUT2D eigenvalue weighted by Crippen LogP contribution is -2.45. The molecule has 0 spiro atoms. The zero-order chi connectivity index (χ0) is 21.2. The SMILES string of the molecule is COc1cccc(CC(=O)N[C@H]2C[C@H]3C(=O)N(CC(C)C)S(=O)(=O)CCN3C2)c1. The van der Waals surface area contributed by atoms with Crippen molar-refractivity contribution in [1.82, 2.24) is 14.5 Å². The van der Waals surface area contributed by atoms with Gasteiger partial charge in [-0.2, -0.15) is 0 Å². The Morgan fingerprint density at radius 2 is 2.10 bits per heavy atom. The van der Waals surface area contributed by atoms with Crippen molar-refractivity contribution < 1.29 is 22.7 Å². The number of nitrogens with zero attached hydrogens (tertiary/aromatic N) is 2. The maximum Gasteiger partial charge on any atom is 0.253 e. The van der Waals surface area contributed by atoms with Crippen LogP contribution in [0.25, 0.3) is 0 Å². The van der Waals surface area contributed by atoms with Crippen LogP contribution in [0.3, 0.4) is 0 Å². The van der Waals surface area contributed by atoms with Crippen LogP contribution in [0.1, 0.15) is 25.8 Å². The summed E-state index contributed by atoms with van der Waals surface area (Å²) in [6, 6.07) is 6.66. The highest BCUT2D eigenvalue weighted by molar-refractivity contribution is 7.89. The molecule has 2 atom stereocenters. The summed E-state index contributed by atoms with van der Waals surface area (Å²) in [5, 5.41) is 3.00. The molecule has 1 N–H and O–H groups in total. The van der Waals surface area contributed by atoms with E-state index < -0.39 is 16.1 Å². The van der Waals surface area contributed by atoms with Crippen molar-refractivity contribution in [3.63, 3.8) is 0 Å². The van der Waals surface area contributed by atoms with E-state index in [1.807, 2.05) is 43.0 Å². The number of benzene rings is 1. The maximum absolute atomic E-state index is 12.9. The fourth-order valence-electron chi connectivity index (χ4n) is 3.94. The monoisotopic (exact) mass is 423 g/mol. The van der Waals surface area contributed by atoms with Crippen LogP contribution in [0.5, 0.6) is 5.75 Å². The third-order valence-electron chi connectivity index (χ3n) is 5.30. The standard InChI is InChI=1S/C20H29N3O5S/c1-14(2)12-23-20(25)18-11-16(13-22(18)7-8-29(23,26)27)21-19(24)10-15-5-4-6-17(9-15)28-3/h4-6,9,14,16,18H,7-8,10-13H2,1-3H3,(H,21,24)/t16-,18-/m0/s1. The molecular weight excluding hydrogens is 394 g/mol. The van der Waals surface area contributed by atoms with Gasteiger partial charge >= 0.3 is 0 Å². The predicted molar refractivity (Wildman–Crippen MR) is 109 cm³/mol. The second kappa shape index (κ2) is 8.71. The fourth-order valence-corrected chi connectivity index (χ4v) is 5.55. The molecule has 0 radical (unpaired) electrons. The first-order valence-corrected chi connectivity index (χ1v) is 11.5. The molecule has 29 heavy (non-hydrogen) atoms. The number of rotatable bonds is 6. The van der Waals surface area contributed by atoms with Crippen LogP contribution < -0.4 is 10.1 Å². The Hall–Kier alpha value is -2.13. The van der Waals surface area contributed by atoms with Crippen LogP contribution in [-0.2, 0) is 26.0 Å². The minimum absolute atomic E-state index is 0.0556. The Bertz CT molecular complexity index is 871. The quantitative estimate of drug-likeness (QED) is 0.721. The van der Waals surface area contributed by atoms with E-state index >= 15 is 0 Å². The molecule has 3 rings (SSSR count). The lowest BCUT2D eigenvalue weighted by molar-refractivity contribution is -0.131. The number of carbonyl (C=O) groups is 2. The van der Waals surface area contributed by atoms with E-state index in [9.17, 15) is 18.0 Å². The summed E-state index contributed by atoms with van der Waals surface area (Å²) >= 11 is 0. The van der Waals surface area contributed by atoms with Gasteiger partial charge in [0.15, 0.2) is 0 Å². The lowest BCUT2D eigenvalue weighted by atomic mass is 10.1. The highest BCUT2D eigenvalue weighted by atomic mass is 32.2. The molecule has 2 heterocycles. The van der Waals surface area contributed by atoms with E-state index in [4.69, 9.17) is 4.74 Å². The molecule has 0 bridgehead atoms. The van der Waals surface area contributed by atoms with E-state index in [1.54, 1.807) is 7.11 Å². The number of amides is 2. The molecule has 1 aromatic carbocycles. The van der Waals surface area contributed by atoms with Crippen LogP contribution in [0.4, 0.5) is 0 Å². The van der Waals surface area contributed by atoms with Gasteiger partial charge in [0.1, 0.15) is 5.75 Å². The molecule has 0 aromatic heterocycles. The minimum Gasteiger partial charge on any atom is -0.497 e. The fraction of sp³-hybridized carbons (Fsp3) is 0.600.